The molecule has 0 radical (unpaired) electrons. The number of aromatic nitrogens is 14. The van der Waals surface area contributed by atoms with Crippen LogP contribution in [-0.4, -0.2) is 119 Å². The first-order valence-electron chi connectivity index (χ1n) is 27.2. The SMILES string of the molecule is COCCn1c(Cc2cc(F)c(-c3cccc(OCc4cnc(-n5ccnn5)cc4Cl)n3)cc2F)nc2ccc(C(=O)O)cc21.COCCn1c(Cc2cc(F)c(-c3cccc(OCc4cnc(-n5ccnn5)cc4Cl)n3)cc2F)nc2ccc(C(=O)O)cc21. The van der Waals surface area contributed by atoms with Gasteiger partial charge in [-0.15, -0.1) is 10.2 Å². The molecule has 28 heteroatoms. The topological polar surface area (TPSA) is 260 Å². The molecule has 0 spiro atoms. The van der Waals surface area contributed by atoms with Crippen molar-refractivity contribution in [1.29, 1.82) is 0 Å². The number of halogens is 6. The van der Waals surface area contributed by atoms with Crippen LogP contribution in [0.1, 0.15) is 54.6 Å². The van der Waals surface area contributed by atoms with Crippen LogP contribution in [0.3, 0.4) is 0 Å². The van der Waals surface area contributed by atoms with Crippen LogP contribution in [0.15, 0.2) is 146 Å². The van der Waals surface area contributed by atoms with Crippen molar-refractivity contribution in [3.05, 3.63) is 225 Å². The minimum Gasteiger partial charge on any atom is -0.478 e. The van der Waals surface area contributed by atoms with Gasteiger partial charge in [-0.05, 0) is 83.9 Å². The lowest BCUT2D eigenvalue weighted by atomic mass is 10.0. The van der Waals surface area contributed by atoms with Crippen LogP contribution in [-0.2, 0) is 48.6 Å². The van der Waals surface area contributed by atoms with Crippen LogP contribution in [0, 0.1) is 23.3 Å². The van der Waals surface area contributed by atoms with Gasteiger partial charge in [-0.3, -0.25) is 0 Å². The average molecular weight is 1260 g/mol. The number of imidazole rings is 2. The number of fused-ring (bicyclic) bond motifs is 2. The van der Waals surface area contributed by atoms with E-state index >= 15 is 17.6 Å². The lowest BCUT2D eigenvalue weighted by molar-refractivity contribution is 0.0686. The normalized spacial score (nSPS) is 11.3. The van der Waals surface area contributed by atoms with Crippen molar-refractivity contribution in [1.82, 2.24) is 69.0 Å². The van der Waals surface area contributed by atoms with Gasteiger partial charge in [0.2, 0.25) is 11.8 Å². The van der Waals surface area contributed by atoms with E-state index in [1.807, 2.05) is 0 Å². The Hall–Kier alpha value is -10.5. The molecule has 0 saturated carbocycles. The summed E-state index contributed by atoms with van der Waals surface area (Å²) in [7, 11) is 3.07. The Morgan fingerprint density at radius 3 is 1.33 bits per heavy atom. The number of benzene rings is 4. The quantitative estimate of drug-likeness (QED) is 0.0598. The third-order valence-electron chi connectivity index (χ3n) is 14.1. The van der Waals surface area contributed by atoms with E-state index in [0.29, 0.717) is 92.8 Å². The molecule has 90 heavy (non-hydrogen) atoms. The number of nitrogens with zero attached hydrogens (tertiary/aromatic N) is 14. The molecule has 0 aliphatic heterocycles. The van der Waals surface area contributed by atoms with Gasteiger partial charge >= 0.3 is 11.9 Å². The molecule has 0 amide bonds. The molecule has 22 nitrogen and oxygen atoms in total. The zero-order chi connectivity index (χ0) is 63.0. The van der Waals surface area contributed by atoms with Crippen LogP contribution < -0.4 is 9.47 Å². The summed E-state index contributed by atoms with van der Waals surface area (Å²) in [6.45, 7) is 1.38. The highest BCUT2D eigenvalue weighted by Crippen LogP contribution is 2.32. The second kappa shape index (κ2) is 27.2. The number of carbonyl (C=O) groups is 2. The first-order valence-corrected chi connectivity index (χ1v) is 28.0. The molecule has 8 heterocycles. The number of ether oxygens (including phenoxy) is 4. The van der Waals surface area contributed by atoms with E-state index in [2.05, 4.69) is 50.5 Å². The number of carboxylic acids is 2. The Bertz CT molecular complexity index is 4320. The fraction of sp³-hybridized carbons (Fsp3) is 0.161. The second-order valence-electron chi connectivity index (χ2n) is 19.8. The molecule has 0 aliphatic rings. The second-order valence-corrected chi connectivity index (χ2v) is 20.6. The van der Waals surface area contributed by atoms with E-state index in [-0.39, 0.29) is 82.6 Å². The van der Waals surface area contributed by atoms with Gasteiger partial charge in [-0.1, -0.05) is 45.8 Å². The zero-order valence-corrected chi connectivity index (χ0v) is 48.9. The van der Waals surface area contributed by atoms with Crippen molar-refractivity contribution < 1.29 is 56.3 Å². The summed E-state index contributed by atoms with van der Waals surface area (Å²) in [5, 5.41) is 34.9. The lowest BCUT2D eigenvalue weighted by Gasteiger charge is -2.12. The molecule has 0 atom stereocenters. The maximum Gasteiger partial charge on any atom is 0.335 e. The highest BCUT2D eigenvalue weighted by molar-refractivity contribution is 6.31. The first-order chi connectivity index (χ1) is 43.6. The molecule has 12 aromatic rings. The van der Waals surface area contributed by atoms with Crippen molar-refractivity contribution in [2.24, 2.45) is 0 Å². The molecule has 456 valence electrons. The molecule has 0 aliphatic carbocycles. The number of carboxylic acid groups (broad SMARTS) is 2. The van der Waals surface area contributed by atoms with E-state index in [4.69, 9.17) is 42.1 Å². The maximum absolute atomic E-state index is 15.5. The fourth-order valence-corrected chi connectivity index (χ4v) is 9.94. The van der Waals surface area contributed by atoms with Crippen molar-refractivity contribution in [3.8, 4) is 45.9 Å². The van der Waals surface area contributed by atoms with E-state index in [0.717, 1.165) is 24.3 Å². The number of rotatable bonds is 22. The summed E-state index contributed by atoms with van der Waals surface area (Å²) in [4.78, 5) is 49.5. The van der Waals surface area contributed by atoms with Crippen molar-refractivity contribution in [2.75, 3.05) is 27.4 Å². The zero-order valence-electron chi connectivity index (χ0n) is 47.4. The number of methoxy groups -OCH3 is 2. The van der Waals surface area contributed by atoms with Gasteiger partial charge in [0.05, 0.1) is 92.6 Å². The van der Waals surface area contributed by atoms with Crippen LogP contribution in [0.4, 0.5) is 17.6 Å². The Balaban J connectivity index is 0.000000185. The third-order valence-corrected chi connectivity index (χ3v) is 14.8. The molecule has 4 aromatic carbocycles. The monoisotopic (exact) mass is 1260 g/mol. The predicted octanol–water partition coefficient (Wildman–Crippen LogP) is 11.0. The summed E-state index contributed by atoms with van der Waals surface area (Å²) < 4.78 is 90.3. The van der Waals surface area contributed by atoms with Crippen molar-refractivity contribution >= 4 is 57.2 Å². The van der Waals surface area contributed by atoms with Gasteiger partial charge < -0.3 is 38.3 Å². The molecule has 0 saturated heterocycles. The number of pyridine rings is 4. The summed E-state index contributed by atoms with van der Waals surface area (Å²) in [5.41, 5.74) is 3.96. The van der Waals surface area contributed by atoms with Gasteiger partial charge in [-0.2, -0.15) is 0 Å². The Kier molecular flexibility index (Phi) is 18.5. The van der Waals surface area contributed by atoms with E-state index < -0.39 is 35.2 Å². The standard InChI is InChI=1S/2C31H24ClF2N7O4/c2*1-44-10-9-40-27-12-18(31(42)43)5-6-26(27)37-29(40)13-19-11-24(34)21(14-23(19)33)25-3-2-4-30(38-25)45-17-20-16-35-28(15-22(20)32)41-8-7-36-39-41/h2*2-8,11-12,14-16H,9-10,13,17H2,1H3,(H,42,43). The lowest BCUT2D eigenvalue weighted by Crippen LogP contribution is -2.10. The number of aromatic carboxylic acids is 2. The Morgan fingerprint density at radius 2 is 0.956 bits per heavy atom. The molecule has 8 aromatic heterocycles. The molecular weight excluding hydrogens is 1220 g/mol. The molecule has 2 N–H and O–H groups in total. The number of hydrogen-bond acceptors (Lipinski definition) is 16. The highest BCUT2D eigenvalue weighted by atomic mass is 35.5. The molecule has 0 bridgehead atoms. The average Bonchev–Trinajstić information content (AvgIpc) is 1.93. The Morgan fingerprint density at radius 1 is 0.522 bits per heavy atom. The summed E-state index contributed by atoms with van der Waals surface area (Å²) in [6, 6.07) is 26.3. The molecule has 0 unspecified atom stereocenters. The first kappa shape index (κ1) is 61.1. The molecule has 0 fully saturated rings. The highest BCUT2D eigenvalue weighted by Gasteiger charge is 2.22. The largest absolute Gasteiger partial charge is 0.478 e. The van der Waals surface area contributed by atoms with Gasteiger partial charge in [0.1, 0.15) is 48.1 Å². The third kappa shape index (κ3) is 13.8. The summed E-state index contributed by atoms with van der Waals surface area (Å²) >= 11 is 12.8. The van der Waals surface area contributed by atoms with Gasteiger partial charge in [0.15, 0.2) is 11.6 Å². The van der Waals surface area contributed by atoms with Crippen LogP contribution in [0.2, 0.25) is 10.0 Å². The van der Waals surface area contributed by atoms with Gasteiger partial charge in [0, 0.05) is 99.1 Å². The smallest absolute Gasteiger partial charge is 0.335 e. The van der Waals surface area contributed by atoms with Gasteiger partial charge in [0.25, 0.3) is 0 Å². The molecule has 12 rings (SSSR count). The number of hydrogen-bond donors (Lipinski definition) is 2. The minimum atomic E-state index is -1.08. The van der Waals surface area contributed by atoms with E-state index in [1.165, 1.54) is 60.2 Å². The fourth-order valence-electron chi connectivity index (χ4n) is 9.54. The predicted molar refractivity (Wildman–Crippen MR) is 319 cm³/mol. The summed E-state index contributed by atoms with van der Waals surface area (Å²) in [6.07, 6.45) is 9.34. The maximum atomic E-state index is 15.5. The van der Waals surface area contributed by atoms with Crippen LogP contribution >= 0.6 is 23.2 Å². The van der Waals surface area contributed by atoms with E-state index in [9.17, 15) is 19.8 Å². The minimum absolute atomic E-state index is 0.0355. The van der Waals surface area contributed by atoms with Crippen LogP contribution in [0.25, 0.3) is 56.2 Å². The molecular formula is C62H48Cl2F4N14O8. The Labute approximate surface area is 517 Å². The van der Waals surface area contributed by atoms with Crippen molar-refractivity contribution in [2.45, 2.75) is 39.1 Å². The summed E-state index contributed by atoms with van der Waals surface area (Å²) in [5.74, 6) is -2.61. The van der Waals surface area contributed by atoms with E-state index in [1.54, 1.807) is 94.6 Å². The van der Waals surface area contributed by atoms with Crippen LogP contribution in [0.5, 0.6) is 11.8 Å². The van der Waals surface area contributed by atoms with Crippen molar-refractivity contribution in [3.63, 3.8) is 0 Å². The van der Waals surface area contributed by atoms with Gasteiger partial charge in [-0.25, -0.2) is 66.4 Å².